The number of aliphatic imine (C=N–C) groups is 1. The first-order valence-corrected chi connectivity index (χ1v) is 8.01. The van der Waals surface area contributed by atoms with Crippen LogP contribution >= 0.6 is 0 Å². The summed E-state index contributed by atoms with van der Waals surface area (Å²) in [5.74, 6) is 1.96. The average molecular weight is 291 g/mol. The van der Waals surface area contributed by atoms with Gasteiger partial charge in [0.2, 0.25) is 0 Å². The molecule has 0 radical (unpaired) electrons. The highest BCUT2D eigenvalue weighted by Gasteiger charge is 2.17. The van der Waals surface area contributed by atoms with E-state index >= 15 is 0 Å². The van der Waals surface area contributed by atoms with E-state index in [9.17, 15) is 0 Å². The third kappa shape index (κ3) is 4.48. The van der Waals surface area contributed by atoms with Crippen molar-refractivity contribution in [3.05, 3.63) is 17.5 Å². The second-order valence-electron chi connectivity index (χ2n) is 6.58. The van der Waals surface area contributed by atoms with E-state index in [1.54, 1.807) is 0 Å². The predicted octanol–water partition coefficient (Wildman–Crippen LogP) is 2.18. The molecule has 1 aliphatic heterocycles. The Hall–Kier alpha value is -1.52. The number of rotatable bonds is 4. The topological polar surface area (TPSA) is 59.4 Å². The molecule has 2 N–H and O–H groups in total. The molecule has 1 atom stereocenters. The lowest BCUT2D eigenvalue weighted by Gasteiger charge is -2.31. The van der Waals surface area contributed by atoms with Crippen molar-refractivity contribution in [1.82, 2.24) is 14.7 Å². The van der Waals surface area contributed by atoms with Crippen molar-refractivity contribution in [1.29, 1.82) is 0 Å². The molecule has 1 saturated heterocycles. The number of aryl methyl sites for hydroxylation is 2. The van der Waals surface area contributed by atoms with Crippen LogP contribution in [0.3, 0.4) is 0 Å². The van der Waals surface area contributed by atoms with Gasteiger partial charge in [0.1, 0.15) is 0 Å². The Morgan fingerprint density at radius 1 is 1.43 bits per heavy atom. The summed E-state index contributed by atoms with van der Waals surface area (Å²) >= 11 is 0. The van der Waals surface area contributed by atoms with E-state index in [4.69, 9.17) is 5.73 Å². The first-order valence-electron chi connectivity index (χ1n) is 8.01. The molecule has 1 unspecified atom stereocenters. The van der Waals surface area contributed by atoms with Gasteiger partial charge in [-0.05, 0) is 44.6 Å². The summed E-state index contributed by atoms with van der Waals surface area (Å²) in [6, 6.07) is 2.11. The number of piperidine rings is 1. The molecule has 2 heterocycles. The van der Waals surface area contributed by atoms with Crippen molar-refractivity contribution in [2.75, 3.05) is 19.6 Å². The molecule has 0 spiro atoms. The van der Waals surface area contributed by atoms with Gasteiger partial charge in [0.15, 0.2) is 5.96 Å². The normalized spacial score (nSPS) is 19.0. The molecule has 21 heavy (non-hydrogen) atoms. The molecule has 0 aliphatic carbocycles. The molecule has 0 bridgehead atoms. The summed E-state index contributed by atoms with van der Waals surface area (Å²) in [6.45, 7) is 12.4. The third-order valence-corrected chi connectivity index (χ3v) is 4.26. The first-order chi connectivity index (χ1) is 9.95. The van der Waals surface area contributed by atoms with E-state index in [2.05, 4.69) is 46.5 Å². The minimum Gasteiger partial charge on any atom is -0.370 e. The quantitative estimate of drug-likeness (QED) is 0.683. The summed E-state index contributed by atoms with van der Waals surface area (Å²) < 4.78 is 2.06. The van der Waals surface area contributed by atoms with Gasteiger partial charge in [-0.15, -0.1) is 0 Å². The number of nitrogens with two attached hydrogens (primary N) is 1. The minimum atomic E-state index is 0.435. The highest BCUT2D eigenvalue weighted by Crippen LogP contribution is 2.15. The Balaban J connectivity index is 1.83. The van der Waals surface area contributed by atoms with Gasteiger partial charge >= 0.3 is 0 Å². The Morgan fingerprint density at radius 2 is 2.10 bits per heavy atom. The fraction of sp³-hybridized carbons (Fsp3) is 0.750. The average Bonchev–Trinajstić information content (AvgIpc) is 2.75. The molecule has 1 aliphatic rings. The highest BCUT2D eigenvalue weighted by molar-refractivity contribution is 5.78. The molecule has 5 nitrogen and oxygen atoms in total. The van der Waals surface area contributed by atoms with Gasteiger partial charge in [-0.1, -0.05) is 13.8 Å². The lowest BCUT2D eigenvalue weighted by molar-refractivity contribution is 0.277. The van der Waals surface area contributed by atoms with Gasteiger partial charge in [0.25, 0.3) is 0 Å². The van der Waals surface area contributed by atoms with E-state index in [1.165, 1.54) is 18.5 Å². The lowest BCUT2D eigenvalue weighted by atomic mass is 10.00. The Morgan fingerprint density at radius 3 is 2.67 bits per heavy atom. The first kappa shape index (κ1) is 15.9. The van der Waals surface area contributed by atoms with Crippen LogP contribution < -0.4 is 5.73 Å². The molecule has 0 saturated carbocycles. The third-order valence-electron chi connectivity index (χ3n) is 4.26. The highest BCUT2D eigenvalue weighted by atomic mass is 15.3. The second-order valence-corrected chi connectivity index (χ2v) is 6.58. The Kier molecular flexibility index (Phi) is 5.26. The van der Waals surface area contributed by atoms with Gasteiger partial charge in [-0.2, -0.15) is 5.10 Å². The van der Waals surface area contributed by atoms with Gasteiger partial charge < -0.3 is 10.6 Å². The summed E-state index contributed by atoms with van der Waals surface area (Å²) in [6.07, 6.45) is 2.44. The smallest absolute Gasteiger partial charge is 0.191 e. The van der Waals surface area contributed by atoms with Gasteiger partial charge in [-0.25, -0.2) is 0 Å². The van der Waals surface area contributed by atoms with Crippen molar-refractivity contribution >= 4 is 5.96 Å². The van der Waals surface area contributed by atoms with E-state index in [1.807, 2.05) is 6.92 Å². The van der Waals surface area contributed by atoms with Crippen LogP contribution in [0.15, 0.2) is 11.1 Å². The Labute approximate surface area is 128 Å². The maximum absolute atomic E-state index is 6.12. The maximum Gasteiger partial charge on any atom is 0.191 e. The largest absolute Gasteiger partial charge is 0.370 e. The molecule has 0 amide bonds. The SMILES string of the molecule is Cc1cc(C)n(CC(C)CN=C(N)N2CCC(C)CC2)n1. The zero-order valence-corrected chi connectivity index (χ0v) is 13.8. The number of nitrogens with zero attached hydrogens (tertiary/aromatic N) is 4. The minimum absolute atomic E-state index is 0.435. The van der Waals surface area contributed by atoms with E-state index in [0.29, 0.717) is 11.9 Å². The van der Waals surface area contributed by atoms with Crippen molar-refractivity contribution < 1.29 is 0 Å². The zero-order chi connectivity index (χ0) is 15.4. The van der Waals surface area contributed by atoms with Gasteiger partial charge in [-0.3, -0.25) is 9.67 Å². The van der Waals surface area contributed by atoms with E-state index in [-0.39, 0.29) is 0 Å². The number of likely N-dealkylation sites (tertiary alicyclic amines) is 1. The molecule has 1 aromatic rings. The van der Waals surface area contributed by atoms with E-state index < -0.39 is 0 Å². The van der Waals surface area contributed by atoms with Gasteiger partial charge in [0.05, 0.1) is 5.69 Å². The maximum atomic E-state index is 6.12. The fourth-order valence-corrected chi connectivity index (χ4v) is 2.80. The van der Waals surface area contributed by atoms with Crippen molar-refractivity contribution in [2.45, 2.75) is 47.1 Å². The van der Waals surface area contributed by atoms with Crippen molar-refractivity contribution in [2.24, 2.45) is 22.6 Å². The number of aromatic nitrogens is 2. The molecule has 1 fully saturated rings. The van der Waals surface area contributed by atoms with E-state index in [0.717, 1.165) is 37.8 Å². The second kappa shape index (κ2) is 6.96. The van der Waals surface area contributed by atoms with Crippen molar-refractivity contribution in [3.8, 4) is 0 Å². The molecular weight excluding hydrogens is 262 g/mol. The molecular formula is C16H29N5. The monoisotopic (exact) mass is 291 g/mol. The number of hydrogen-bond acceptors (Lipinski definition) is 2. The number of guanidine groups is 1. The van der Waals surface area contributed by atoms with Crippen LogP contribution in [-0.2, 0) is 6.54 Å². The van der Waals surface area contributed by atoms with Crippen LogP contribution in [-0.4, -0.2) is 40.3 Å². The van der Waals surface area contributed by atoms with Crippen LogP contribution in [0.25, 0.3) is 0 Å². The molecule has 0 aromatic carbocycles. The summed E-state index contributed by atoms with van der Waals surface area (Å²) in [7, 11) is 0. The van der Waals surface area contributed by atoms with Crippen LogP contribution in [0.5, 0.6) is 0 Å². The van der Waals surface area contributed by atoms with Gasteiger partial charge in [0, 0.05) is 31.9 Å². The molecule has 5 heteroatoms. The van der Waals surface area contributed by atoms with Crippen LogP contribution in [0.4, 0.5) is 0 Å². The van der Waals surface area contributed by atoms with Crippen molar-refractivity contribution in [3.63, 3.8) is 0 Å². The zero-order valence-electron chi connectivity index (χ0n) is 13.8. The summed E-state index contributed by atoms with van der Waals surface area (Å²) in [5, 5.41) is 4.50. The summed E-state index contributed by atoms with van der Waals surface area (Å²) in [4.78, 5) is 6.80. The molecule has 2 rings (SSSR count). The molecule has 118 valence electrons. The fourth-order valence-electron chi connectivity index (χ4n) is 2.80. The molecule has 1 aromatic heterocycles. The number of hydrogen-bond donors (Lipinski definition) is 1. The van der Waals surface area contributed by atoms with Crippen LogP contribution in [0, 0.1) is 25.7 Å². The summed E-state index contributed by atoms with van der Waals surface area (Å²) in [5.41, 5.74) is 8.41. The standard InChI is InChI=1S/C16H29N5/c1-12-5-7-20(8-6-12)16(17)18-10-13(2)11-21-15(4)9-14(3)19-21/h9,12-13H,5-8,10-11H2,1-4H3,(H2,17,18). The predicted molar refractivity (Wildman–Crippen MR) is 87.3 cm³/mol. The lowest BCUT2D eigenvalue weighted by Crippen LogP contribution is -2.42. The Bertz CT molecular complexity index is 483. The van der Waals surface area contributed by atoms with Crippen LogP contribution in [0.2, 0.25) is 0 Å². The van der Waals surface area contributed by atoms with Crippen LogP contribution in [0.1, 0.15) is 38.1 Å².